The van der Waals surface area contributed by atoms with Gasteiger partial charge >= 0.3 is 0 Å². The van der Waals surface area contributed by atoms with Crippen molar-refractivity contribution < 1.29 is 4.79 Å². The predicted octanol–water partition coefficient (Wildman–Crippen LogP) is 2.86. The van der Waals surface area contributed by atoms with Crippen molar-refractivity contribution in [3.63, 3.8) is 0 Å². The Hall–Kier alpha value is -3.48. The quantitative estimate of drug-likeness (QED) is 0.598. The number of aromatic nitrogens is 5. The van der Waals surface area contributed by atoms with Gasteiger partial charge in [0.2, 0.25) is 0 Å². The van der Waals surface area contributed by atoms with Gasteiger partial charge < -0.3 is 14.3 Å². The van der Waals surface area contributed by atoms with E-state index in [2.05, 4.69) is 25.1 Å². The van der Waals surface area contributed by atoms with Crippen LogP contribution in [0.15, 0.2) is 54.9 Å². The Kier molecular flexibility index (Phi) is 4.12. The summed E-state index contributed by atoms with van der Waals surface area (Å²) in [5.41, 5.74) is 3.33. The summed E-state index contributed by atoms with van der Waals surface area (Å²) in [5.74, 6) is 1.70. The topological polar surface area (TPSA) is 77.1 Å². The molecule has 0 atom stereocenters. The van der Waals surface area contributed by atoms with Gasteiger partial charge in [-0.05, 0) is 25.0 Å². The average Bonchev–Trinajstić information content (AvgIpc) is 3.36. The highest BCUT2D eigenvalue weighted by molar-refractivity contribution is 5.94. The second kappa shape index (κ2) is 6.92. The first-order chi connectivity index (χ1) is 13.8. The van der Waals surface area contributed by atoms with Gasteiger partial charge in [0.15, 0.2) is 5.82 Å². The molecule has 0 unspecified atom stereocenters. The number of nitrogens with zero attached hydrogens (tertiary/aromatic N) is 5. The molecule has 1 aliphatic rings. The fourth-order valence-electron chi connectivity index (χ4n) is 3.63. The van der Waals surface area contributed by atoms with Gasteiger partial charge in [-0.3, -0.25) is 4.79 Å². The third kappa shape index (κ3) is 3.05. The van der Waals surface area contributed by atoms with Crippen molar-refractivity contribution in [3.05, 3.63) is 72.1 Å². The van der Waals surface area contributed by atoms with E-state index >= 15 is 0 Å². The number of pyridine rings is 1. The van der Waals surface area contributed by atoms with Crippen LogP contribution in [0.4, 0.5) is 0 Å². The summed E-state index contributed by atoms with van der Waals surface area (Å²) < 4.78 is 4.01. The second-order valence-electron chi connectivity index (χ2n) is 7.00. The van der Waals surface area contributed by atoms with Gasteiger partial charge in [-0.1, -0.05) is 30.3 Å². The fraction of sp³-hybridized carbons (Fsp3) is 0.238. The van der Waals surface area contributed by atoms with Gasteiger partial charge in [-0.15, -0.1) is 10.2 Å². The molecule has 0 fully saturated rings. The number of carbonyl (C=O) groups excluding carboxylic acids is 1. The molecule has 0 saturated heterocycles. The third-order valence-corrected chi connectivity index (χ3v) is 5.13. The van der Waals surface area contributed by atoms with Crippen LogP contribution in [-0.2, 0) is 19.5 Å². The van der Waals surface area contributed by atoms with Crippen molar-refractivity contribution in [2.45, 2.75) is 32.4 Å². The largest absolute Gasteiger partial charge is 0.345 e. The average molecular weight is 372 g/mol. The van der Waals surface area contributed by atoms with Crippen LogP contribution in [0.3, 0.4) is 0 Å². The molecule has 0 saturated carbocycles. The number of rotatable bonds is 4. The van der Waals surface area contributed by atoms with Gasteiger partial charge in [-0.25, -0.2) is 4.98 Å². The number of benzene rings is 1. The maximum atomic E-state index is 12.6. The molecule has 0 aliphatic carbocycles. The fourth-order valence-corrected chi connectivity index (χ4v) is 3.63. The van der Waals surface area contributed by atoms with E-state index in [4.69, 9.17) is 0 Å². The lowest BCUT2D eigenvalue weighted by Gasteiger charge is -2.14. The zero-order valence-electron chi connectivity index (χ0n) is 15.4. The van der Waals surface area contributed by atoms with Gasteiger partial charge in [0, 0.05) is 30.9 Å². The Morgan fingerprint density at radius 2 is 1.93 bits per heavy atom. The zero-order valence-corrected chi connectivity index (χ0v) is 15.4. The van der Waals surface area contributed by atoms with E-state index in [1.54, 1.807) is 6.07 Å². The summed E-state index contributed by atoms with van der Waals surface area (Å²) in [6.45, 7) is 1.31. The SMILES string of the molecule is O=C(NCc1nnc2n1CCCC2)c1ccc2nc(-c3ccccc3)cn2c1. The van der Waals surface area contributed by atoms with Crippen molar-refractivity contribution in [2.75, 3.05) is 0 Å². The molecule has 7 nitrogen and oxygen atoms in total. The first kappa shape index (κ1) is 16.7. The molecule has 1 amide bonds. The van der Waals surface area contributed by atoms with Crippen LogP contribution >= 0.6 is 0 Å². The Bertz CT molecular complexity index is 1140. The summed E-state index contributed by atoms with van der Waals surface area (Å²) in [6, 6.07) is 13.7. The number of nitrogens with one attached hydrogen (secondary N) is 1. The molecule has 5 rings (SSSR count). The van der Waals surface area contributed by atoms with Crippen molar-refractivity contribution in [1.29, 1.82) is 0 Å². The molecular formula is C21H20N6O. The van der Waals surface area contributed by atoms with Crippen LogP contribution in [0, 0.1) is 0 Å². The number of imidazole rings is 1. The molecular weight excluding hydrogens is 352 g/mol. The van der Waals surface area contributed by atoms with Crippen LogP contribution in [0.5, 0.6) is 0 Å². The Morgan fingerprint density at radius 1 is 1.04 bits per heavy atom. The molecule has 0 spiro atoms. The summed E-state index contributed by atoms with van der Waals surface area (Å²) >= 11 is 0. The molecule has 4 aromatic rings. The highest BCUT2D eigenvalue weighted by atomic mass is 16.1. The molecule has 0 radical (unpaired) electrons. The maximum Gasteiger partial charge on any atom is 0.253 e. The van der Waals surface area contributed by atoms with Crippen molar-refractivity contribution in [2.24, 2.45) is 0 Å². The minimum atomic E-state index is -0.134. The minimum Gasteiger partial charge on any atom is -0.345 e. The van der Waals surface area contributed by atoms with E-state index in [1.807, 2.05) is 53.2 Å². The van der Waals surface area contributed by atoms with Gasteiger partial charge in [0.25, 0.3) is 5.91 Å². The number of fused-ring (bicyclic) bond motifs is 2. The normalized spacial score (nSPS) is 13.4. The van der Waals surface area contributed by atoms with E-state index in [1.165, 1.54) is 0 Å². The molecule has 7 heteroatoms. The summed E-state index contributed by atoms with van der Waals surface area (Å²) in [7, 11) is 0. The lowest BCUT2D eigenvalue weighted by Crippen LogP contribution is -2.25. The lowest BCUT2D eigenvalue weighted by atomic mass is 10.2. The van der Waals surface area contributed by atoms with Crippen LogP contribution in [0.2, 0.25) is 0 Å². The van der Waals surface area contributed by atoms with Crippen LogP contribution < -0.4 is 5.32 Å². The molecule has 28 heavy (non-hydrogen) atoms. The monoisotopic (exact) mass is 372 g/mol. The first-order valence-corrected chi connectivity index (χ1v) is 9.51. The Balaban J connectivity index is 1.34. The number of hydrogen-bond acceptors (Lipinski definition) is 4. The van der Waals surface area contributed by atoms with E-state index in [0.717, 1.165) is 54.4 Å². The minimum absolute atomic E-state index is 0.134. The summed E-state index contributed by atoms with van der Waals surface area (Å²) in [4.78, 5) is 17.3. The number of aryl methyl sites for hydroxylation is 1. The smallest absolute Gasteiger partial charge is 0.253 e. The van der Waals surface area contributed by atoms with E-state index in [9.17, 15) is 4.79 Å². The van der Waals surface area contributed by atoms with Crippen molar-refractivity contribution >= 4 is 11.6 Å². The predicted molar refractivity (Wildman–Crippen MR) is 105 cm³/mol. The van der Waals surface area contributed by atoms with E-state index in [-0.39, 0.29) is 5.91 Å². The Labute approximate surface area is 162 Å². The van der Waals surface area contributed by atoms with Crippen LogP contribution in [0.1, 0.15) is 34.8 Å². The first-order valence-electron chi connectivity index (χ1n) is 9.51. The zero-order chi connectivity index (χ0) is 18.9. The van der Waals surface area contributed by atoms with Crippen molar-refractivity contribution in [1.82, 2.24) is 29.5 Å². The molecule has 1 N–H and O–H groups in total. The van der Waals surface area contributed by atoms with E-state index < -0.39 is 0 Å². The second-order valence-corrected chi connectivity index (χ2v) is 7.00. The molecule has 1 aromatic carbocycles. The van der Waals surface area contributed by atoms with Gasteiger partial charge in [-0.2, -0.15) is 0 Å². The van der Waals surface area contributed by atoms with Crippen LogP contribution in [-0.4, -0.2) is 30.1 Å². The molecule has 1 aliphatic heterocycles. The number of carbonyl (C=O) groups is 1. The third-order valence-electron chi connectivity index (χ3n) is 5.13. The maximum absolute atomic E-state index is 12.6. The number of hydrogen-bond donors (Lipinski definition) is 1. The highest BCUT2D eigenvalue weighted by Gasteiger charge is 2.16. The highest BCUT2D eigenvalue weighted by Crippen LogP contribution is 2.19. The summed E-state index contributed by atoms with van der Waals surface area (Å²) in [5, 5.41) is 11.4. The molecule has 3 aromatic heterocycles. The molecule has 140 valence electrons. The lowest BCUT2D eigenvalue weighted by molar-refractivity contribution is 0.0949. The molecule has 4 heterocycles. The van der Waals surface area contributed by atoms with Crippen LogP contribution in [0.25, 0.3) is 16.9 Å². The van der Waals surface area contributed by atoms with Crippen molar-refractivity contribution in [3.8, 4) is 11.3 Å². The molecule has 0 bridgehead atoms. The number of amides is 1. The Morgan fingerprint density at radius 3 is 2.82 bits per heavy atom. The van der Waals surface area contributed by atoms with Gasteiger partial charge in [0.1, 0.15) is 11.5 Å². The van der Waals surface area contributed by atoms with Gasteiger partial charge in [0.05, 0.1) is 17.8 Å². The summed E-state index contributed by atoms with van der Waals surface area (Å²) in [6.07, 6.45) is 7.00. The van der Waals surface area contributed by atoms with E-state index in [0.29, 0.717) is 12.1 Å². The standard InChI is InChI=1S/C21H20N6O/c28-21(22-12-20-25-24-19-8-4-5-11-27(19)20)16-9-10-18-23-17(14-26(18)13-16)15-6-2-1-3-7-15/h1-3,6-7,9-10,13-14H,4-5,8,11-12H2,(H,22,28).